The minimum Gasteiger partial charge on any atom is -0.496 e. The summed E-state index contributed by atoms with van der Waals surface area (Å²) in [5.41, 5.74) is 3.76. The van der Waals surface area contributed by atoms with Crippen LogP contribution in [0.4, 0.5) is 0 Å². The van der Waals surface area contributed by atoms with Gasteiger partial charge in [0.15, 0.2) is 0 Å². The summed E-state index contributed by atoms with van der Waals surface area (Å²) < 4.78 is 5.56. The summed E-state index contributed by atoms with van der Waals surface area (Å²) in [4.78, 5) is 1.36. The minimum atomic E-state index is 0.209. The molecule has 102 valence electrons. The van der Waals surface area contributed by atoms with Crippen LogP contribution in [0, 0.1) is 13.8 Å². The molecule has 1 N–H and O–H groups in total. The lowest BCUT2D eigenvalue weighted by Gasteiger charge is -2.21. The van der Waals surface area contributed by atoms with Crippen molar-refractivity contribution >= 4 is 11.3 Å². The molecule has 0 radical (unpaired) electrons. The van der Waals surface area contributed by atoms with Crippen molar-refractivity contribution in [2.75, 3.05) is 13.7 Å². The van der Waals surface area contributed by atoms with E-state index < -0.39 is 0 Å². The van der Waals surface area contributed by atoms with Gasteiger partial charge in [-0.05, 0) is 49.0 Å². The fraction of sp³-hybridized carbons (Fsp3) is 0.375. The Hall–Kier alpha value is -1.32. The van der Waals surface area contributed by atoms with E-state index in [0.29, 0.717) is 0 Å². The van der Waals surface area contributed by atoms with Crippen LogP contribution in [-0.4, -0.2) is 13.7 Å². The molecule has 2 aromatic rings. The van der Waals surface area contributed by atoms with E-state index in [2.05, 4.69) is 55.7 Å². The third-order valence-electron chi connectivity index (χ3n) is 3.27. The molecule has 0 aliphatic heterocycles. The Morgan fingerprint density at radius 2 is 2.05 bits per heavy atom. The SMILES string of the molecule is CCNC(c1ccc(C)cc1OC)c1sccc1C. The summed E-state index contributed by atoms with van der Waals surface area (Å²) in [5.74, 6) is 0.957. The standard InChI is InChI=1S/C16H21NOS/c1-5-17-15(16-12(3)8-9-19-16)13-7-6-11(2)10-14(13)18-4/h6-10,15,17H,5H2,1-4H3. The average Bonchev–Trinajstić information content (AvgIpc) is 2.82. The van der Waals surface area contributed by atoms with E-state index in [1.165, 1.54) is 21.6 Å². The highest BCUT2D eigenvalue weighted by Crippen LogP contribution is 2.34. The zero-order valence-corrected chi connectivity index (χ0v) is 12.8. The van der Waals surface area contributed by atoms with E-state index in [1.807, 2.05) is 0 Å². The molecule has 1 atom stereocenters. The van der Waals surface area contributed by atoms with Gasteiger partial charge in [0, 0.05) is 10.4 Å². The average molecular weight is 275 g/mol. The molecule has 2 rings (SSSR count). The molecule has 19 heavy (non-hydrogen) atoms. The van der Waals surface area contributed by atoms with Crippen LogP contribution in [0.2, 0.25) is 0 Å². The van der Waals surface area contributed by atoms with E-state index in [4.69, 9.17) is 4.74 Å². The van der Waals surface area contributed by atoms with Gasteiger partial charge >= 0.3 is 0 Å². The summed E-state index contributed by atoms with van der Waals surface area (Å²) >= 11 is 1.80. The molecule has 3 heteroatoms. The summed E-state index contributed by atoms with van der Waals surface area (Å²) in [6.07, 6.45) is 0. The van der Waals surface area contributed by atoms with Gasteiger partial charge in [0.1, 0.15) is 5.75 Å². The van der Waals surface area contributed by atoms with Crippen molar-refractivity contribution in [1.82, 2.24) is 5.32 Å². The number of nitrogens with one attached hydrogen (secondary N) is 1. The normalized spacial score (nSPS) is 12.4. The molecule has 0 aliphatic rings. The third-order valence-corrected chi connectivity index (χ3v) is 4.36. The second-order valence-corrected chi connectivity index (χ2v) is 5.65. The molecule has 0 bridgehead atoms. The van der Waals surface area contributed by atoms with Gasteiger partial charge in [-0.1, -0.05) is 19.1 Å². The third kappa shape index (κ3) is 2.99. The van der Waals surface area contributed by atoms with Gasteiger partial charge in [-0.3, -0.25) is 0 Å². The van der Waals surface area contributed by atoms with E-state index in [0.717, 1.165) is 12.3 Å². The monoisotopic (exact) mass is 275 g/mol. The number of benzene rings is 1. The number of hydrogen-bond acceptors (Lipinski definition) is 3. The maximum atomic E-state index is 5.56. The summed E-state index contributed by atoms with van der Waals surface area (Å²) in [7, 11) is 1.74. The van der Waals surface area contributed by atoms with Crippen LogP contribution in [0.15, 0.2) is 29.6 Å². The first-order valence-corrected chi connectivity index (χ1v) is 7.47. The van der Waals surface area contributed by atoms with Crippen LogP contribution in [0.1, 0.15) is 34.5 Å². The van der Waals surface area contributed by atoms with Crippen LogP contribution in [-0.2, 0) is 0 Å². The Kier molecular flexibility index (Phi) is 4.61. The Morgan fingerprint density at radius 3 is 2.63 bits per heavy atom. The lowest BCUT2D eigenvalue weighted by atomic mass is 10.0. The molecule has 0 saturated heterocycles. The predicted octanol–water partition coefficient (Wildman–Crippen LogP) is 4.07. The second-order valence-electron chi connectivity index (χ2n) is 4.70. The fourth-order valence-corrected chi connectivity index (χ4v) is 3.30. The maximum Gasteiger partial charge on any atom is 0.124 e. The lowest BCUT2D eigenvalue weighted by molar-refractivity contribution is 0.404. The number of rotatable bonds is 5. The molecule has 1 unspecified atom stereocenters. The summed E-state index contributed by atoms with van der Waals surface area (Å²) in [6, 6.07) is 8.79. The Labute approximate surface area is 119 Å². The van der Waals surface area contributed by atoms with Gasteiger partial charge < -0.3 is 10.1 Å². The van der Waals surface area contributed by atoms with Crippen LogP contribution in [0.25, 0.3) is 0 Å². The number of methoxy groups -OCH3 is 1. The molecular weight excluding hydrogens is 254 g/mol. The first kappa shape index (κ1) is 14.1. The number of aryl methyl sites for hydroxylation is 2. The van der Waals surface area contributed by atoms with Gasteiger partial charge in [-0.25, -0.2) is 0 Å². The number of ether oxygens (including phenoxy) is 1. The van der Waals surface area contributed by atoms with Gasteiger partial charge in [-0.15, -0.1) is 11.3 Å². The maximum absolute atomic E-state index is 5.56. The quantitative estimate of drug-likeness (QED) is 0.888. The molecule has 1 heterocycles. The van der Waals surface area contributed by atoms with Crippen molar-refractivity contribution < 1.29 is 4.74 Å². The van der Waals surface area contributed by atoms with E-state index in [9.17, 15) is 0 Å². The molecule has 1 aromatic heterocycles. The molecule has 2 nitrogen and oxygen atoms in total. The summed E-state index contributed by atoms with van der Waals surface area (Å²) in [6.45, 7) is 7.32. The Balaban J connectivity index is 2.48. The largest absolute Gasteiger partial charge is 0.496 e. The Morgan fingerprint density at radius 1 is 1.26 bits per heavy atom. The van der Waals surface area contributed by atoms with Crippen molar-refractivity contribution in [3.05, 3.63) is 51.2 Å². The van der Waals surface area contributed by atoms with E-state index >= 15 is 0 Å². The van der Waals surface area contributed by atoms with Crippen LogP contribution >= 0.6 is 11.3 Å². The second kappa shape index (κ2) is 6.22. The van der Waals surface area contributed by atoms with Gasteiger partial charge in [0.2, 0.25) is 0 Å². The van der Waals surface area contributed by atoms with Crippen molar-refractivity contribution in [2.24, 2.45) is 0 Å². The topological polar surface area (TPSA) is 21.3 Å². The molecule has 0 fully saturated rings. The molecular formula is C16H21NOS. The molecule has 0 spiro atoms. The Bertz CT molecular complexity index is 547. The van der Waals surface area contributed by atoms with E-state index in [1.54, 1.807) is 18.4 Å². The smallest absolute Gasteiger partial charge is 0.124 e. The highest BCUT2D eigenvalue weighted by atomic mass is 32.1. The number of thiophene rings is 1. The van der Waals surface area contributed by atoms with Crippen LogP contribution in [0.5, 0.6) is 5.75 Å². The first-order valence-electron chi connectivity index (χ1n) is 6.59. The molecule has 0 amide bonds. The fourth-order valence-electron chi connectivity index (χ4n) is 2.29. The highest BCUT2D eigenvalue weighted by molar-refractivity contribution is 7.10. The van der Waals surface area contributed by atoms with E-state index in [-0.39, 0.29) is 6.04 Å². The zero-order valence-electron chi connectivity index (χ0n) is 12.0. The summed E-state index contributed by atoms with van der Waals surface area (Å²) in [5, 5.41) is 5.72. The lowest BCUT2D eigenvalue weighted by Crippen LogP contribution is -2.22. The van der Waals surface area contributed by atoms with Crippen molar-refractivity contribution in [3.8, 4) is 5.75 Å². The van der Waals surface area contributed by atoms with Crippen molar-refractivity contribution in [1.29, 1.82) is 0 Å². The predicted molar refractivity (Wildman–Crippen MR) is 82.3 cm³/mol. The minimum absolute atomic E-state index is 0.209. The van der Waals surface area contributed by atoms with Crippen molar-refractivity contribution in [3.63, 3.8) is 0 Å². The molecule has 1 aromatic carbocycles. The molecule has 0 saturated carbocycles. The van der Waals surface area contributed by atoms with Crippen LogP contribution < -0.4 is 10.1 Å². The number of hydrogen-bond donors (Lipinski definition) is 1. The van der Waals surface area contributed by atoms with Gasteiger partial charge in [0.05, 0.1) is 13.2 Å². The van der Waals surface area contributed by atoms with Gasteiger partial charge in [-0.2, -0.15) is 0 Å². The van der Waals surface area contributed by atoms with Crippen LogP contribution in [0.3, 0.4) is 0 Å². The first-order chi connectivity index (χ1) is 9.17. The zero-order chi connectivity index (χ0) is 13.8. The molecule has 0 aliphatic carbocycles. The van der Waals surface area contributed by atoms with Crippen molar-refractivity contribution in [2.45, 2.75) is 26.8 Å². The van der Waals surface area contributed by atoms with Gasteiger partial charge in [0.25, 0.3) is 0 Å². The highest BCUT2D eigenvalue weighted by Gasteiger charge is 2.20.